The number of hydrogen-bond donors (Lipinski definition) is 2. The Kier molecular flexibility index (Phi) is 6.87. The molecule has 0 aliphatic heterocycles. The molecule has 6 nitrogen and oxygen atoms in total. The first-order valence-corrected chi connectivity index (χ1v) is 9.88. The summed E-state index contributed by atoms with van der Waals surface area (Å²) < 4.78 is 19.5. The predicted molar refractivity (Wildman–Crippen MR) is 92.0 cm³/mol. The quantitative estimate of drug-likeness (QED) is 0.401. The van der Waals surface area contributed by atoms with Gasteiger partial charge >= 0.3 is 13.8 Å². The van der Waals surface area contributed by atoms with Crippen LogP contribution in [0.5, 0.6) is 6.01 Å². The second kappa shape index (κ2) is 8.67. The van der Waals surface area contributed by atoms with Gasteiger partial charge < -0.3 is 4.52 Å². The van der Waals surface area contributed by atoms with E-state index in [1.54, 1.807) is 21.5 Å². The molecule has 1 aromatic carbocycles. The molecule has 2 rings (SSSR count). The van der Waals surface area contributed by atoms with Crippen molar-refractivity contribution in [2.45, 2.75) is 45.7 Å². The van der Waals surface area contributed by atoms with Crippen LogP contribution in [0.2, 0.25) is 5.02 Å². The van der Waals surface area contributed by atoms with E-state index in [2.05, 4.69) is 0 Å². The van der Waals surface area contributed by atoms with E-state index in [0.29, 0.717) is 13.1 Å². The number of nitrogens with zero attached hydrogens (tertiary/aromatic N) is 2. The Morgan fingerprint density at radius 2 is 1.96 bits per heavy atom. The predicted octanol–water partition coefficient (Wildman–Crippen LogP) is 3.33. The van der Waals surface area contributed by atoms with Gasteiger partial charge in [-0.25, -0.2) is 4.57 Å². The molecule has 0 unspecified atom stereocenters. The number of hydrogen-bond acceptors (Lipinski definition) is 2. The van der Waals surface area contributed by atoms with Gasteiger partial charge in [-0.05, 0) is 43.4 Å². The number of halogens is 1. The van der Waals surface area contributed by atoms with Crippen LogP contribution in [0.3, 0.4) is 0 Å². The molecule has 132 valence electrons. The molecule has 0 aliphatic carbocycles. The van der Waals surface area contributed by atoms with Crippen LogP contribution in [0.25, 0.3) is 0 Å². The van der Waals surface area contributed by atoms with Gasteiger partial charge in [-0.1, -0.05) is 30.7 Å². The maximum atomic E-state index is 11.2. The summed E-state index contributed by atoms with van der Waals surface area (Å²) in [5.74, 6) is 0. The molecule has 24 heavy (non-hydrogen) atoms. The smallest absolute Gasteiger partial charge is 0.334 e. The summed E-state index contributed by atoms with van der Waals surface area (Å²) in [6.45, 7) is 3.28. The van der Waals surface area contributed by atoms with Gasteiger partial charge in [0.2, 0.25) is 0 Å². The van der Waals surface area contributed by atoms with Gasteiger partial charge in [-0.3, -0.25) is 9.79 Å². The molecular formula is C16H23ClN2O4P+. The number of benzene rings is 1. The zero-order chi connectivity index (χ0) is 17.6. The Morgan fingerprint density at radius 1 is 1.25 bits per heavy atom. The van der Waals surface area contributed by atoms with Crippen LogP contribution >= 0.6 is 19.4 Å². The molecule has 0 atom stereocenters. The average molecular weight is 374 g/mol. The van der Waals surface area contributed by atoms with Gasteiger partial charge in [0.05, 0.1) is 13.1 Å². The highest BCUT2D eigenvalue weighted by molar-refractivity contribution is 7.46. The van der Waals surface area contributed by atoms with Crippen LogP contribution in [0.15, 0.2) is 36.7 Å². The number of phosphoric acid groups is 1. The zero-order valence-corrected chi connectivity index (χ0v) is 15.3. The van der Waals surface area contributed by atoms with Crippen molar-refractivity contribution in [2.75, 3.05) is 0 Å². The van der Waals surface area contributed by atoms with Crippen LogP contribution in [0.1, 0.15) is 31.7 Å². The molecule has 0 amide bonds. The van der Waals surface area contributed by atoms with Crippen molar-refractivity contribution < 1.29 is 23.4 Å². The fourth-order valence-corrected chi connectivity index (χ4v) is 3.06. The third-order valence-electron chi connectivity index (χ3n) is 3.61. The first kappa shape index (κ1) is 19.0. The van der Waals surface area contributed by atoms with Crippen molar-refractivity contribution >= 4 is 19.4 Å². The summed E-state index contributed by atoms with van der Waals surface area (Å²) in [5, 5.41) is 0.728. The zero-order valence-electron chi connectivity index (χ0n) is 13.6. The molecule has 1 aromatic heterocycles. The molecule has 0 radical (unpaired) electrons. The maximum Gasteiger partial charge on any atom is 0.529 e. The van der Waals surface area contributed by atoms with Crippen LogP contribution in [-0.4, -0.2) is 14.4 Å². The van der Waals surface area contributed by atoms with E-state index < -0.39 is 7.82 Å². The minimum atomic E-state index is -4.58. The van der Waals surface area contributed by atoms with E-state index in [-0.39, 0.29) is 6.01 Å². The number of imidazole rings is 1. The molecule has 0 fully saturated rings. The van der Waals surface area contributed by atoms with Gasteiger partial charge in [0.25, 0.3) is 0 Å². The standard InChI is InChI=1S/C16H22ClN2O4P/c1-2-10-18-12-13-19(16(18)23-24(20,21)22)11-4-3-5-14-6-8-15(17)9-7-14/h6-9,12-13H,2-5,10-11H2,1H3,(H-,20,21,22)/p+1. The first-order chi connectivity index (χ1) is 11.4. The van der Waals surface area contributed by atoms with Crippen LogP contribution < -0.4 is 9.09 Å². The summed E-state index contributed by atoms with van der Waals surface area (Å²) in [4.78, 5) is 18.2. The summed E-state index contributed by atoms with van der Waals surface area (Å²) in [6.07, 6.45) is 7.20. The largest absolute Gasteiger partial charge is 0.529 e. The summed E-state index contributed by atoms with van der Waals surface area (Å²) in [7, 11) is -4.58. The Morgan fingerprint density at radius 3 is 2.58 bits per heavy atom. The molecule has 0 spiro atoms. The Labute approximate surface area is 146 Å². The number of phosphoric ester groups is 1. The molecule has 0 bridgehead atoms. The van der Waals surface area contributed by atoms with Gasteiger partial charge in [-0.2, -0.15) is 9.13 Å². The average Bonchev–Trinajstić information content (AvgIpc) is 2.86. The lowest BCUT2D eigenvalue weighted by Crippen LogP contribution is -2.33. The normalized spacial score (nSPS) is 11.7. The van der Waals surface area contributed by atoms with Crippen molar-refractivity contribution in [3.63, 3.8) is 0 Å². The highest BCUT2D eigenvalue weighted by Crippen LogP contribution is 2.36. The SMILES string of the molecule is CCC[n+]1ccn(CCCCc2ccc(Cl)cc2)c1OP(=O)(O)O. The fraction of sp³-hybridized carbons (Fsp3) is 0.438. The van der Waals surface area contributed by atoms with Crippen LogP contribution in [0.4, 0.5) is 0 Å². The van der Waals surface area contributed by atoms with Gasteiger partial charge in [0, 0.05) is 5.02 Å². The molecule has 0 aliphatic rings. The van der Waals surface area contributed by atoms with Crippen LogP contribution in [0, 0.1) is 0 Å². The van der Waals surface area contributed by atoms with Crippen molar-refractivity contribution in [3.8, 4) is 6.01 Å². The second-order valence-electron chi connectivity index (χ2n) is 5.63. The first-order valence-electron chi connectivity index (χ1n) is 7.97. The monoisotopic (exact) mass is 373 g/mol. The highest BCUT2D eigenvalue weighted by atomic mass is 35.5. The van der Waals surface area contributed by atoms with Crippen molar-refractivity contribution in [1.82, 2.24) is 4.57 Å². The highest BCUT2D eigenvalue weighted by Gasteiger charge is 2.27. The second-order valence-corrected chi connectivity index (χ2v) is 7.23. The molecule has 2 N–H and O–H groups in total. The van der Waals surface area contributed by atoms with Gasteiger partial charge in [0.15, 0.2) is 0 Å². The Balaban J connectivity index is 1.93. The molecule has 8 heteroatoms. The van der Waals surface area contributed by atoms with E-state index in [1.807, 2.05) is 31.2 Å². The van der Waals surface area contributed by atoms with Crippen molar-refractivity contribution in [3.05, 3.63) is 47.2 Å². The van der Waals surface area contributed by atoms with E-state index in [4.69, 9.17) is 25.9 Å². The number of aryl methyl sites for hydroxylation is 3. The molecule has 0 saturated carbocycles. The third kappa shape index (κ3) is 5.95. The summed E-state index contributed by atoms with van der Waals surface area (Å²) in [6, 6.07) is 7.98. The lowest BCUT2D eigenvalue weighted by Gasteiger charge is -2.07. The van der Waals surface area contributed by atoms with E-state index in [1.165, 1.54) is 5.56 Å². The Bertz CT molecular complexity index is 697. The lowest BCUT2D eigenvalue weighted by molar-refractivity contribution is -0.699. The Hall–Kier alpha value is -1.33. The van der Waals surface area contributed by atoms with Gasteiger partial charge in [0.1, 0.15) is 12.4 Å². The summed E-state index contributed by atoms with van der Waals surface area (Å²) >= 11 is 5.87. The topological polar surface area (TPSA) is 75.6 Å². The van der Waals surface area contributed by atoms with Crippen molar-refractivity contribution in [1.29, 1.82) is 0 Å². The lowest BCUT2D eigenvalue weighted by atomic mass is 10.1. The minimum Gasteiger partial charge on any atom is -0.334 e. The fourth-order valence-electron chi connectivity index (χ4n) is 2.51. The third-order valence-corrected chi connectivity index (χ3v) is 4.26. The number of aromatic nitrogens is 2. The minimum absolute atomic E-state index is 0.205. The number of unbranched alkanes of at least 4 members (excludes halogenated alkanes) is 1. The molecule has 2 aromatic rings. The summed E-state index contributed by atoms with van der Waals surface area (Å²) in [5.41, 5.74) is 1.22. The van der Waals surface area contributed by atoms with Crippen molar-refractivity contribution in [2.24, 2.45) is 0 Å². The van der Waals surface area contributed by atoms with Crippen LogP contribution in [-0.2, 0) is 24.1 Å². The van der Waals surface area contributed by atoms with E-state index in [9.17, 15) is 4.57 Å². The van der Waals surface area contributed by atoms with E-state index in [0.717, 1.165) is 30.7 Å². The number of rotatable bonds is 9. The maximum absolute atomic E-state index is 11.2. The van der Waals surface area contributed by atoms with E-state index >= 15 is 0 Å². The van der Waals surface area contributed by atoms with Gasteiger partial charge in [-0.15, -0.1) is 0 Å². The molecular weight excluding hydrogens is 351 g/mol. The molecule has 0 saturated heterocycles. The molecule has 1 heterocycles.